The lowest BCUT2D eigenvalue weighted by atomic mass is 10.1. The van der Waals surface area contributed by atoms with E-state index in [0.717, 1.165) is 5.69 Å². The van der Waals surface area contributed by atoms with Gasteiger partial charge in [0.05, 0.1) is 10.6 Å². The summed E-state index contributed by atoms with van der Waals surface area (Å²) in [6.07, 6.45) is 0. The third-order valence-corrected chi connectivity index (χ3v) is 4.27. The molecule has 1 aliphatic heterocycles. The molecule has 0 saturated carbocycles. The molecular weight excluding hydrogens is 335 g/mol. The van der Waals surface area contributed by atoms with Gasteiger partial charge in [0.1, 0.15) is 11.5 Å². The van der Waals surface area contributed by atoms with Crippen molar-refractivity contribution in [2.24, 2.45) is 0 Å². The van der Waals surface area contributed by atoms with Gasteiger partial charge in [-0.3, -0.25) is 14.7 Å². The van der Waals surface area contributed by atoms with Crippen LogP contribution in [-0.2, 0) is 0 Å². The number of aromatic nitrogens is 2. The Hall–Kier alpha value is -2.41. The molecule has 24 heavy (non-hydrogen) atoms. The molecule has 0 spiro atoms. The normalized spacial score (nSPS) is 14.8. The molecule has 2 amide bonds. The summed E-state index contributed by atoms with van der Waals surface area (Å²) in [4.78, 5) is 27.9. The summed E-state index contributed by atoms with van der Waals surface area (Å²) in [5.74, 6) is -1.28. The van der Waals surface area contributed by atoms with E-state index in [0.29, 0.717) is 31.9 Å². The molecule has 0 unspecified atom stereocenters. The Morgan fingerprint density at radius 1 is 1.17 bits per heavy atom. The lowest BCUT2D eigenvalue weighted by Crippen LogP contribution is -2.50. The van der Waals surface area contributed by atoms with E-state index in [1.807, 2.05) is 6.92 Å². The fraction of sp³-hybridized carbons (Fsp3) is 0.312. The minimum absolute atomic E-state index is 0.0884. The van der Waals surface area contributed by atoms with Crippen LogP contribution in [0.3, 0.4) is 0 Å². The number of hydrogen-bond donors (Lipinski definition) is 1. The van der Waals surface area contributed by atoms with Crippen molar-refractivity contribution >= 4 is 23.4 Å². The summed E-state index contributed by atoms with van der Waals surface area (Å²) in [6, 6.07) is 5.83. The summed E-state index contributed by atoms with van der Waals surface area (Å²) >= 11 is 5.94. The second-order valence-corrected chi connectivity index (χ2v) is 6.02. The molecule has 2 aromatic rings. The highest BCUT2D eigenvalue weighted by atomic mass is 35.5. The molecule has 8 heteroatoms. The number of halogens is 2. The predicted octanol–water partition coefficient (Wildman–Crippen LogP) is 2.11. The van der Waals surface area contributed by atoms with E-state index in [1.165, 1.54) is 23.1 Å². The molecule has 1 saturated heterocycles. The minimum Gasteiger partial charge on any atom is -0.335 e. The zero-order valence-electron chi connectivity index (χ0n) is 13.1. The topological polar surface area (TPSA) is 69.3 Å². The van der Waals surface area contributed by atoms with Crippen molar-refractivity contribution in [3.8, 4) is 0 Å². The van der Waals surface area contributed by atoms with Gasteiger partial charge >= 0.3 is 0 Å². The maximum absolute atomic E-state index is 13.9. The molecule has 1 N–H and O–H groups in total. The third kappa shape index (κ3) is 3.12. The number of aryl methyl sites for hydroxylation is 1. The van der Waals surface area contributed by atoms with Crippen LogP contribution in [0.2, 0.25) is 5.02 Å². The van der Waals surface area contributed by atoms with Gasteiger partial charge in [0.25, 0.3) is 11.8 Å². The summed E-state index contributed by atoms with van der Waals surface area (Å²) in [7, 11) is 0. The van der Waals surface area contributed by atoms with Gasteiger partial charge in [0, 0.05) is 31.9 Å². The molecule has 1 fully saturated rings. The van der Waals surface area contributed by atoms with E-state index >= 15 is 0 Å². The largest absolute Gasteiger partial charge is 0.335 e. The number of nitrogens with one attached hydrogen (secondary N) is 1. The Bertz CT molecular complexity index is 764. The predicted molar refractivity (Wildman–Crippen MR) is 86.5 cm³/mol. The van der Waals surface area contributed by atoms with E-state index in [1.54, 1.807) is 11.0 Å². The number of aromatic amines is 1. The molecule has 2 heterocycles. The Kier molecular flexibility index (Phi) is 4.53. The van der Waals surface area contributed by atoms with Crippen molar-refractivity contribution in [1.29, 1.82) is 0 Å². The van der Waals surface area contributed by atoms with E-state index in [4.69, 9.17) is 11.6 Å². The summed E-state index contributed by atoms with van der Waals surface area (Å²) in [6.45, 7) is 3.18. The maximum Gasteiger partial charge on any atom is 0.274 e. The fourth-order valence-corrected chi connectivity index (χ4v) is 2.91. The Balaban J connectivity index is 1.67. The lowest BCUT2D eigenvalue weighted by molar-refractivity contribution is 0.0529. The zero-order valence-corrected chi connectivity index (χ0v) is 13.8. The van der Waals surface area contributed by atoms with Crippen molar-refractivity contribution in [3.05, 3.63) is 52.1 Å². The molecule has 1 aromatic heterocycles. The van der Waals surface area contributed by atoms with Gasteiger partial charge < -0.3 is 9.80 Å². The SMILES string of the molecule is Cc1cc(C(=O)N2CCN(C(=O)c3c(F)cccc3Cl)CC2)n[nH]1. The van der Waals surface area contributed by atoms with Crippen molar-refractivity contribution < 1.29 is 14.0 Å². The number of hydrogen-bond acceptors (Lipinski definition) is 3. The maximum atomic E-state index is 13.9. The number of carbonyl (C=O) groups is 2. The number of benzene rings is 1. The van der Waals surface area contributed by atoms with Gasteiger partial charge in [-0.1, -0.05) is 17.7 Å². The first-order chi connectivity index (χ1) is 11.5. The standard InChI is InChI=1S/C16H16ClFN4O2/c1-10-9-13(20-19-10)15(23)21-5-7-22(8-6-21)16(24)14-11(17)3-2-4-12(14)18/h2-4,9H,5-8H2,1H3,(H,19,20). The molecule has 0 bridgehead atoms. The second kappa shape index (κ2) is 6.60. The van der Waals surface area contributed by atoms with Gasteiger partial charge in [-0.15, -0.1) is 0 Å². The van der Waals surface area contributed by atoms with E-state index in [9.17, 15) is 14.0 Å². The van der Waals surface area contributed by atoms with E-state index in [2.05, 4.69) is 10.2 Å². The number of nitrogens with zero attached hydrogens (tertiary/aromatic N) is 3. The lowest BCUT2D eigenvalue weighted by Gasteiger charge is -2.34. The first-order valence-electron chi connectivity index (χ1n) is 7.52. The van der Waals surface area contributed by atoms with Crippen LogP contribution in [0.25, 0.3) is 0 Å². The van der Waals surface area contributed by atoms with Gasteiger partial charge in [-0.05, 0) is 25.1 Å². The van der Waals surface area contributed by atoms with Crippen LogP contribution >= 0.6 is 11.6 Å². The molecule has 1 aliphatic rings. The summed E-state index contributed by atoms with van der Waals surface area (Å²) in [5, 5.41) is 6.77. The van der Waals surface area contributed by atoms with Crippen LogP contribution in [0.4, 0.5) is 4.39 Å². The zero-order chi connectivity index (χ0) is 17.3. The minimum atomic E-state index is -0.641. The van der Waals surface area contributed by atoms with E-state index in [-0.39, 0.29) is 16.5 Å². The number of amides is 2. The number of piperazine rings is 1. The number of carbonyl (C=O) groups excluding carboxylic acids is 2. The molecule has 6 nitrogen and oxygen atoms in total. The number of rotatable bonds is 2. The molecule has 126 valence electrons. The molecule has 0 aliphatic carbocycles. The first kappa shape index (κ1) is 16.4. The van der Waals surface area contributed by atoms with Crippen molar-refractivity contribution in [3.63, 3.8) is 0 Å². The van der Waals surface area contributed by atoms with Crippen LogP contribution in [0, 0.1) is 12.7 Å². The second-order valence-electron chi connectivity index (χ2n) is 5.62. The highest BCUT2D eigenvalue weighted by Gasteiger charge is 2.28. The first-order valence-corrected chi connectivity index (χ1v) is 7.89. The molecular formula is C16H16ClFN4O2. The quantitative estimate of drug-likeness (QED) is 0.901. The van der Waals surface area contributed by atoms with Gasteiger partial charge in [-0.2, -0.15) is 5.10 Å². The van der Waals surface area contributed by atoms with Gasteiger partial charge in [0.15, 0.2) is 0 Å². The van der Waals surface area contributed by atoms with Crippen molar-refractivity contribution in [2.75, 3.05) is 26.2 Å². The average Bonchev–Trinajstić information content (AvgIpc) is 3.00. The Morgan fingerprint density at radius 3 is 2.33 bits per heavy atom. The van der Waals surface area contributed by atoms with Crippen LogP contribution in [-0.4, -0.2) is 58.0 Å². The molecule has 0 radical (unpaired) electrons. The highest BCUT2D eigenvalue weighted by molar-refractivity contribution is 6.33. The molecule has 3 rings (SSSR count). The average molecular weight is 351 g/mol. The van der Waals surface area contributed by atoms with Crippen LogP contribution in [0.5, 0.6) is 0 Å². The van der Waals surface area contributed by atoms with Gasteiger partial charge in [0.2, 0.25) is 0 Å². The van der Waals surface area contributed by atoms with E-state index < -0.39 is 11.7 Å². The van der Waals surface area contributed by atoms with Crippen LogP contribution in [0.15, 0.2) is 24.3 Å². The fourth-order valence-electron chi connectivity index (χ4n) is 2.66. The Labute approximate surface area is 143 Å². The van der Waals surface area contributed by atoms with Crippen LogP contribution in [0.1, 0.15) is 26.5 Å². The summed E-state index contributed by atoms with van der Waals surface area (Å²) in [5.41, 5.74) is 1.03. The van der Waals surface area contributed by atoms with Crippen molar-refractivity contribution in [2.45, 2.75) is 6.92 Å². The number of H-pyrrole nitrogens is 1. The van der Waals surface area contributed by atoms with Crippen molar-refractivity contribution in [1.82, 2.24) is 20.0 Å². The van der Waals surface area contributed by atoms with Crippen LogP contribution < -0.4 is 0 Å². The monoisotopic (exact) mass is 350 g/mol. The molecule has 1 aromatic carbocycles. The summed E-state index contributed by atoms with van der Waals surface area (Å²) < 4.78 is 13.9. The Morgan fingerprint density at radius 2 is 1.79 bits per heavy atom. The van der Waals surface area contributed by atoms with Gasteiger partial charge in [-0.25, -0.2) is 4.39 Å². The third-order valence-electron chi connectivity index (χ3n) is 3.96. The smallest absolute Gasteiger partial charge is 0.274 e. The highest BCUT2D eigenvalue weighted by Crippen LogP contribution is 2.21. The molecule has 0 atom stereocenters.